The number of nitrogens with one attached hydrogen (secondary N) is 2. The summed E-state index contributed by atoms with van der Waals surface area (Å²) < 4.78 is 36.6. The van der Waals surface area contributed by atoms with Crippen LogP contribution in [0.2, 0.25) is 0 Å². The molecule has 0 aliphatic carbocycles. The molecule has 0 unspecified atom stereocenters. The molecule has 4 aliphatic heterocycles. The molecular weight excluding hydrogens is 3110 g/mol. The molecule has 20 nitrogen and oxygen atoms in total. The number of anilines is 2. The van der Waals surface area contributed by atoms with Crippen molar-refractivity contribution in [1.29, 1.82) is 0 Å². The zero-order valence-electron chi connectivity index (χ0n) is 91.7. The molecule has 0 atom stereocenters. The summed E-state index contributed by atoms with van der Waals surface area (Å²) in [5.41, 5.74) is 17.0. The van der Waals surface area contributed by atoms with E-state index in [-0.39, 0.29) is 219 Å². The topological polar surface area (TPSA) is 242 Å². The van der Waals surface area contributed by atoms with Crippen LogP contribution in [0.25, 0.3) is 43.9 Å². The number of hydrogen-bond acceptors (Lipinski definition) is 20. The van der Waals surface area contributed by atoms with Crippen molar-refractivity contribution in [2.75, 3.05) is 43.7 Å². The second-order valence-electron chi connectivity index (χ2n) is 39.8. The molecule has 140 heavy (non-hydrogen) atoms. The van der Waals surface area contributed by atoms with Crippen molar-refractivity contribution in [3.63, 3.8) is 0 Å². The van der Waals surface area contributed by atoms with Gasteiger partial charge in [0.15, 0.2) is 12.8 Å². The van der Waals surface area contributed by atoms with Crippen LogP contribution in [0, 0.1) is 101 Å². The van der Waals surface area contributed by atoms with Gasteiger partial charge in [0, 0.05) is 41.2 Å². The van der Waals surface area contributed by atoms with Crippen LogP contribution < -0.4 is 29.6 Å². The number of benzene rings is 1. The largest absolute Gasteiger partial charge is 2.00 e. The third-order valence-corrected chi connectivity index (χ3v) is 17.4. The molecule has 0 bridgehead atoms. The van der Waals surface area contributed by atoms with Gasteiger partial charge < -0.3 is 134 Å². The van der Waals surface area contributed by atoms with Gasteiger partial charge in [-0.05, 0) is 117 Å². The number of hydrogen-bond donors (Lipinski definition) is 2. The maximum Gasteiger partial charge on any atom is 2.00 e. The fourth-order valence-corrected chi connectivity index (χ4v) is 10.5. The molecule has 0 fully saturated rings. The summed E-state index contributed by atoms with van der Waals surface area (Å²) in [6.07, 6.45) is 48.6. The number of rotatable bonds is 0. The van der Waals surface area contributed by atoms with Crippen LogP contribution in [-0.4, -0.2) is 88.1 Å². The first-order valence-corrected chi connectivity index (χ1v) is 46.2. The molecule has 2 N–H and O–H groups in total. The Kier molecular flexibility index (Phi) is 83.7. The van der Waals surface area contributed by atoms with Crippen molar-refractivity contribution in [2.45, 2.75) is 346 Å². The Morgan fingerprint density at radius 2 is 0.693 bits per heavy atom. The van der Waals surface area contributed by atoms with Gasteiger partial charge in [-0.1, -0.05) is 255 Å². The van der Waals surface area contributed by atoms with Crippen molar-refractivity contribution >= 4 is 55.3 Å². The Morgan fingerprint density at radius 1 is 0.314 bits per heavy atom. The summed E-state index contributed by atoms with van der Waals surface area (Å²) in [6, 6.07) is 24.4. The van der Waals surface area contributed by atoms with Crippen LogP contribution in [0.4, 0.5) is 11.4 Å². The Labute approximate surface area is 963 Å². The monoisotopic (exact) mass is 3270 g/mol. The van der Waals surface area contributed by atoms with Crippen molar-refractivity contribution in [3.8, 4) is 23.0 Å². The standard InChI is InChI=1S/C13H14N.C12H17N2.C12H16NO.C11H15N2O.3C10H11N2O.C10H12NO2.8C3H7.8W/c1-13(2,3)12-8-10-6-4-5-7-11(10)9-14-12;1-12(2,3)11-7-9-5-4-6-13-10(9)8-14-11;1-12(2,3)11-7-9-5-4-6-14-10(9)8-13-11;1-11(2,3)10-6-9-8(7-13-10)12-4-5-14-9;1-10(2,3)9-4-8-7(5-11-9)12-6-13-8;1-10(2,3)9-4-8-7(5-11-9)6-12-13-8;2*1-10(2,3)9-4-7-8(5-11-9)13-6-12-7;8*1-3-2;;;;;;;;/h4-8H,1-3H3;7,13H,4-6H2,1-3H3;7H,4-6H2,1-3H3;6,12H,4-5H2,1-3H3;3*4,6H,1-3H3;4H,6H2,1-3H3;8*3H,1-2H3;;;;;;;;/q16*-1;8*+2. The number of aryl methyl sites for hydroxylation is 2. The number of ether oxygens (including phenoxy) is 4. The smallest absolute Gasteiger partial charge is 0.547 e. The van der Waals surface area contributed by atoms with E-state index in [1.807, 2.05) is 211 Å². The molecule has 4 aliphatic rings. The van der Waals surface area contributed by atoms with Crippen LogP contribution in [0.3, 0.4) is 0 Å². The molecule has 16 rings (SSSR count). The quantitative estimate of drug-likeness (QED) is 0.134. The average Bonchev–Trinajstić information content (AvgIpc) is 0.989. The Bertz CT molecular complexity index is 4740. The van der Waals surface area contributed by atoms with Gasteiger partial charge in [-0.3, -0.25) is 4.98 Å². The second-order valence-corrected chi connectivity index (χ2v) is 39.8. The predicted octanol–water partition coefficient (Wildman–Crippen LogP) is 29.1. The average molecular weight is 3270 g/mol. The van der Waals surface area contributed by atoms with E-state index in [1.54, 1.807) is 6.20 Å². The van der Waals surface area contributed by atoms with Gasteiger partial charge >= 0.3 is 169 Å². The maximum atomic E-state index is 5.53. The van der Waals surface area contributed by atoms with E-state index < -0.39 is 0 Å². The van der Waals surface area contributed by atoms with Crippen LogP contribution >= 0.6 is 0 Å². The molecular formula is C112H163N13O7W8. The molecule has 11 aromatic heterocycles. The summed E-state index contributed by atoms with van der Waals surface area (Å²) in [5.74, 6) is 3.09. The first kappa shape index (κ1) is 151. The van der Waals surface area contributed by atoms with Crippen LogP contribution in [0.15, 0.2) is 105 Å². The van der Waals surface area contributed by atoms with Gasteiger partial charge in [-0.15, -0.1) is 81.7 Å². The Balaban J connectivity index is -0.000000227. The molecule has 0 spiro atoms. The third kappa shape index (κ3) is 58.8. The van der Waals surface area contributed by atoms with Gasteiger partial charge in [0.05, 0.1) is 35.9 Å². The van der Waals surface area contributed by atoms with E-state index >= 15 is 0 Å². The first-order chi connectivity index (χ1) is 61.9. The predicted molar refractivity (Wildman–Crippen MR) is 550 cm³/mol. The number of aromatic nitrogens is 11. The van der Waals surface area contributed by atoms with E-state index in [4.69, 9.17) is 32.3 Å². The fourth-order valence-electron chi connectivity index (χ4n) is 10.5. The number of nitrogens with zero attached hydrogens (tertiary/aromatic N) is 11. The first-order valence-electron chi connectivity index (χ1n) is 46.2. The molecule has 0 amide bonds. The van der Waals surface area contributed by atoms with E-state index in [2.05, 4.69) is 306 Å². The van der Waals surface area contributed by atoms with E-state index in [9.17, 15) is 0 Å². The molecule has 1 aromatic carbocycles. The van der Waals surface area contributed by atoms with Crippen molar-refractivity contribution in [2.24, 2.45) is 0 Å². The molecule has 15 heterocycles. The second kappa shape index (κ2) is 77.7. The van der Waals surface area contributed by atoms with Crippen LogP contribution in [0.5, 0.6) is 23.0 Å². The molecule has 28 heteroatoms. The van der Waals surface area contributed by atoms with Gasteiger partial charge in [-0.2, -0.15) is 111 Å². The van der Waals surface area contributed by atoms with Gasteiger partial charge in [-0.25, -0.2) is 4.98 Å². The van der Waals surface area contributed by atoms with Crippen LogP contribution in [-0.2, 0) is 225 Å². The van der Waals surface area contributed by atoms with Gasteiger partial charge in [0.25, 0.3) is 0 Å². The normalized spacial score (nSPS) is 11.7. The Hall–Kier alpha value is -4.60. The summed E-state index contributed by atoms with van der Waals surface area (Å²) in [4.78, 5) is 42.2. The maximum absolute atomic E-state index is 5.53. The minimum absolute atomic E-state index is 0. The SMILES string of the molecule is CC(C)(C)c1cc2c([c-]n1)NCCC2.CC(C)(C)c1cc2c([c-]n1)NCCO2.CC(C)(C)c1cc2c([c-]n1)OCCC2.CC(C)(C)c1cc2c([c-]n1)OCO2.CC(C)(C)c1cc2ccccc2[c-]n1.CC(C)(C)c1cc2ncoc2[c-]n1.CC(C)(C)c1cc2ocnc2[c-]n1.CC(C)(C)c1cc2oncc2[c-]n1.C[CH-]C.C[CH-]C.C[CH-]C.C[CH-]C.C[CH-]C.C[CH-]C.C[CH-]C.C[CH-]C.[W+2].[W+2].[W+2].[W+2].[W+2].[W+2].[W+2].[W+2]. The van der Waals surface area contributed by atoms with Gasteiger partial charge in [0.2, 0.25) is 6.79 Å². The Morgan fingerprint density at radius 3 is 1.19 bits per heavy atom. The number of pyridine rings is 8. The van der Waals surface area contributed by atoms with Crippen LogP contribution in [0.1, 0.15) is 346 Å². The van der Waals surface area contributed by atoms with Gasteiger partial charge in [0.1, 0.15) is 0 Å². The molecule has 12 aromatic rings. The van der Waals surface area contributed by atoms with E-state index in [0.717, 1.165) is 141 Å². The number of fused-ring (bicyclic) bond motifs is 8. The van der Waals surface area contributed by atoms with E-state index in [1.165, 1.54) is 35.7 Å². The summed E-state index contributed by atoms with van der Waals surface area (Å²) >= 11 is 0. The molecule has 0 saturated heterocycles. The summed E-state index contributed by atoms with van der Waals surface area (Å²) in [6.45, 7) is 86.9. The third-order valence-electron chi connectivity index (χ3n) is 17.4. The van der Waals surface area contributed by atoms with Crippen molar-refractivity contribution < 1.29 is 201 Å². The molecule has 0 radical (unpaired) electrons. The summed E-state index contributed by atoms with van der Waals surface area (Å²) in [5, 5.41) is 13.3. The zero-order valence-corrected chi connectivity index (χ0v) is 115. The molecule has 0 saturated carbocycles. The van der Waals surface area contributed by atoms with Crippen molar-refractivity contribution in [3.05, 3.63) is 249 Å². The minimum atomic E-state index is 0. The summed E-state index contributed by atoms with van der Waals surface area (Å²) in [7, 11) is 0. The minimum Gasteiger partial charge on any atom is -0.547 e. The van der Waals surface area contributed by atoms with Crippen molar-refractivity contribution in [1.82, 2.24) is 55.0 Å². The zero-order chi connectivity index (χ0) is 100. The fraction of sp³-hybridized carbons (Fsp3) is 0.509. The van der Waals surface area contributed by atoms with E-state index in [0.29, 0.717) is 23.5 Å². The number of oxazole rings is 2. The molecule has 766 valence electrons.